The summed E-state index contributed by atoms with van der Waals surface area (Å²) >= 11 is 0. The van der Waals surface area contributed by atoms with E-state index in [0.29, 0.717) is 16.8 Å². The average molecular weight is 528 g/mol. The molecule has 2 aromatic carbocycles. The molecule has 6 nitrogen and oxygen atoms in total. The molecular formula is C27H21F5N4O2. The fourth-order valence-corrected chi connectivity index (χ4v) is 4.09. The van der Waals surface area contributed by atoms with Crippen molar-refractivity contribution in [3.05, 3.63) is 101 Å². The first-order valence-electron chi connectivity index (χ1n) is 11.3. The van der Waals surface area contributed by atoms with Crippen LogP contribution in [-0.2, 0) is 16.5 Å². The van der Waals surface area contributed by atoms with E-state index in [0.717, 1.165) is 6.07 Å². The number of nitrogens with one attached hydrogen (secondary N) is 1. The van der Waals surface area contributed by atoms with Crippen molar-refractivity contribution < 1.29 is 31.5 Å². The fraction of sp³-hybridized carbons (Fsp3) is 0.222. The zero-order valence-corrected chi connectivity index (χ0v) is 20.1. The number of carbonyl (C=O) groups is 1. The zero-order chi connectivity index (χ0) is 27.7. The van der Waals surface area contributed by atoms with Gasteiger partial charge in [-0.3, -0.25) is 9.69 Å². The number of ether oxygens (including phenoxy) is 1. The summed E-state index contributed by atoms with van der Waals surface area (Å²) in [5, 5.41) is 12.1. The quantitative estimate of drug-likeness (QED) is 0.377. The highest BCUT2D eigenvalue weighted by Gasteiger charge is 2.39. The van der Waals surface area contributed by atoms with E-state index in [1.54, 1.807) is 38.1 Å². The van der Waals surface area contributed by atoms with Gasteiger partial charge in [-0.15, -0.1) is 0 Å². The normalized spacial score (nSPS) is 15.9. The van der Waals surface area contributed by atoms with Crippen LogP contribution in [0.2, 0.25) is 0 Å². The molecule has 1 aliphatic heterocycles. The van der Waals surface area contributed by atoms with Crippen LogP contribution in [0, 0.1) is 11.3 Å². The molecule has 1 aromatic heterocycles. The number of nitrogens with zero attached hydrogens (tertiary/aromatic N) is 3. The molecule has 0 saturated heterocycles. The van der Waals surface area contributed by atoms with E-state index in [4.69, 9.17) is 5.26 Å². The van der Waals surface area contributed by atoms with Crippen molar-refractivity contribution in [1.82, 2.24) is 10.3 Å². The third-order valence-corrected chi connectivity index (χ3v) is 5.88. The number of amides is 1. The maximum Gasteiger partial charge on any atom is 0.433 e. The van der Waals surface area contributed by atoms with Gasteiger partial charge in [0.2, 0.25) is 0 Å². The highest BCUT2D eigenvalue weighted by molar-refractivity contribution is 6.09. The van der Waals surface area contributed by atoms with Gasteiger partial charge in [-0.25, -0.2) is 4.98 Å². The molecule has 1 N–H and O–H groups in total. The van der Waals surface area contributed by atoms with Crippen LogP contribution in [0.15, 0.2) is 78.5 Å². The molecule has 3 aromatic rings. The number of pyridine rings is 1. The molecule has 38 heavy (non-hydrogen) atoms. The highest BCUT2D eigenvalue weighted by atomic mass is 19.4. The summed E-state index contributed by atoms with van der Waals surface area (Å²) in [7, 11) is 0. The minimum atomic E-state index is -4.64. The minimum absolute atomic E-state index is 0.0572. The van der Waals surface area contributed by atoms with Crippen molar-refractivity contribution >= 4 is 11.6 Å². The molecule has 0 saturated carbocycles. The van der Waals surface area contributed by atoms with Gasteiger partial charge in [-0.05, 0) is 74.0 Å². The van der Waals surface area contributed by atoms with Crippen molar-refractivity contribution in [2.75, 3.05) is 4.90 Å². The minimum Gasteiger partial charge on any atom is -0.435 e. The number of anilines is 1. The van der Waals surface area contributed by atoms with Crippen LogP contribution in [0.3, 0.4) is 0 Å². The van der Waals surface area contributed by atoms with E-state index in [9.17, 15) is 26.7 Å². The number of hydrogen-bond donors (Lipinski definition) is 1. The van der Waals surface area contributed by atoms with Crippen LogP contribution >= 0.6 is 0 Å². The Hall–Kier alpha value is -4.46. The molecule has 0 bridgehead atoms. The largest absolute Gasteiger partial charge is 0.435 e. The summed E-state index contributed by atoms with van der Waals surface area (Å²) in [4.78, 5) is 18.7. The number of hydrogen-bond acceptors (Lipinski definition) is 5. The smallest absolute Gasteiger partial charge is 0.433 e. The van der Waals surface area contributed by atoms with Gasteiger partial charge in [0.1, 0.15) is 11.4 Å². The summed E-state index contributed by atoms with van der Waals surface area (Å²) in [6.45, 7) is 0.124. The van der Waals surface area contributed by atoms with Crippen molar-refractivity contribution in [2.24, 2.45) is 0 Å². The van der Waals surface area contributed by atoms with Crippen LogP contribution in [0.25, 0.3) is 0 Å². The molecule has 1 atom stereocenters. The van der Waals surface area contributed by atoms with Gasteiger partial charge in [-0.2, -0.15) is 27.2 Å². The van der Waals surface area contributed by atoms with Crippen molar-refractivity contribution in [2.45, 2.75) is 38.2 Å². The second kappa shape index (κ2) is 10.1. The maximum atomic E-state index is 13.6. The van der Waals surface area contributed by atoms with Crippen LogP contribution in [0.4, 0.5) is 27.6 Å². The van der Waals surface area contributed by atoms with Gasteiger partial charge in [0.25, 0.3) is 5.91 Å². The second-order valence-corrected chi connectivity index (χ2v) is 8.97. The van der Waals surface area contributed by atoms with E-state index in [1.165, 1.54) is 47.4 Å². The summed E-state index contributed by atoms with van der Waals surface area (Å²) < 4.78 is 69.8. The SMILES string of the molecule is CC(C)(NC1=CC(c2cccc(OC(F)F)c2)N(c2ccc(C#N)cc2)C1=O)c1cccc(C(F)(F)F)n1. The lowest BCUT2D eigenvalue weighted by Crippen LogP contribution is -2.41. The molecular weight excluding hydrogens is 507 g/mol. The van der Waals surface area contributed by atoms with E-state index < -0.39 is 36.0 Å². The zero-order valence-electron chi connectivity index (χ0n) is 20.1. The predicted octanol–water partition coefficient (Wildman–Crippen LogP) is 6.07. The van der Waals surface area contributed by atoms with Crippen molar-refractivity contribution in [3.8, 4) is 11.8 Å². The Morgan fingerprint density at radius 2 is 1.68 bits per heavy atom. The molecule has 196 valence electrons. The summed E-state index contributed by atoms with van der Waals surface area (Å²) in [5.41, 5.74) is -0.897. The molecule has 4 rings (SSSR count). The van der Waals surface area contributed by atoms with E-state index in [2.05, 4.69) is 15.0 Å². The van der Waals surface area contributed by atoms with Crippen molar-refractivity contribution in [1.29, 1.82) is 5.26 Å². The lowest BCUT2D eigenvalue weighted by Gasteiger charge is -2.29. The second-order valence-electron chi connectivity index (χ2n) is 8.97. The Kier molecular flexibility index (Phi) is 7.09. The number of nitriles is 1. The van der Waals surface area contributed by atoms with Gasteiger partial charge in [0, 0.05) is 5.69 Å². The summed E-state index contributed by atoms with van der Waals surface area (Å²) in [5.74, 6) is -0.618. The Labute approximate surface area is 215 Å². The fourth-order valence-electron chi connectivity index (χ4n) is 4.09. The van der Waals surface area contributed by atoms with Gasteiger partial charge in [0.05, 0.1) is 34.6 Å². The molecule has 11 heteroatoms. The lowest BCUT2D eigenvalue weighted by molar-refractivity contribution is -0.141. The number of aromatic nitrogens is 1. The maximum absolute atomic E-state index is 13.6. The first kappa shape index (κ1) is 26.6. The van der Waals surface area contributed by atoms with Gasteiger partial charge in [-0.1, -0.05) is 18.2 Å². The van der Waals surface area contributed by atoms with Crippen LogP contribution < -0.4 is 15.0 Å². The number of alkyl halides is 5. The number of carbonyl (C=O) groups excluding carboxylic acids is 1. The molecule has 0 aliphatic carbocycles. The third-order valence-electron chi connectivity index (χ3n) is 5.88. The predicted molar refractivity (Wildman–Crippen MR) is 128 cm³/mol. The summed E-state index contributed by atoms with van der Waals surface area (Å²) in [6, 6.07) is 16.8. The first-order valence-corrected chi connectivity index (χ1v) is 11.3. The molecule has 0 radical (unpaired) electrons. The monoisotopic (exact) mass is 528 g/mol. The number of rotatable bonds is 7. The molecule has 1 unspecified atom stereocenters. The average Bonchev–Trinajstić information content (AvgIpc) is 3.18. The van der Waals surface area contributed by atoms with E-state index >= 15 is 0 Å². The van der Waals surface area contributed by atoms with Crippen molar-refractivity contribution in [3.63, 3.8) is 0 Å². The molecule has 0 fully saturated rings. The first-order chi connectivity index (χ1) is 17.9. The van der Waals surface area contributed by atoms with E-state index in [1.807, 2.05) is 6.07 Å². The Morgan fingerprint density at radius 3 is 2.32 bits per heavy atom. The standard InChI is InChI=1S/C27H21F5N4O2/c1-26(2,22-7-4-8-23(34-22)27(30,31)32)35-20-14-21(17-5-3-6-19(13-17)38-25(28)29)36(24(20)37)18-11-9-16(15-33)10-12-18/h3-14,21,25,35H,1-2H3. The Balaban J connectivity index is 1.73. The Morgan fingerprint density at radius 1 is 1.03 bits per heavy atom. The van der Waals surface area contributed by atoms with Crippen LogP contribution in [0.1, 0.15) is 42.4 Å². The summed E-state index contributed by atoms with van der Waals surface area (Å²) in [6.07, 6.45) is -3.09. The highest BCUT2D eigenvalue weighted by Crippen LogP contribution is 2.38. The lowest BCUT2D eigenvalue weighted by atomic mass is 9.98. The number of halogens is 5. The molecule has 0 spiro atoms. The van der Waals surface area contributed by atoms with Crippen LogP contribution in [-0.4, -0.2) is 17.5 Å². The number of benzene rings is 2. The molecule has 1 amide bonds. The van der Waals surface area contributed by atoms with Gasteiger partial charge < -0.3 is 10.1 Å². The van der Waals surface area contributed by atoms with Crippen LogP contribution in [0.5, 0.6) is 5.75 Å². The van der Waals surface area contributed by atoms with E-state index in [-0.39, 0.29) is 17.1 Å². The topological polar surface area (TPSA) is 78.2 Å². The third kappa shape index (κ3) is 5.59. The molecule has 2 heterocycles. The van der Waals surface area contributed by atoms with Gasteiger partial charge in [0.15, 0.2) is 0 Å². The molecule has 1 aliphatic rings. The Bertz CT molecular complexity index is 1410. The van der Waals surface area contributed by atoms with Gasteiger partial charge >= 0.3 is 12.8 Å².